The van der Waals surface area contributed by atoms with E-state index in [-0.39, 0.29) is 0 Å². The quantitative estimate of drug-likeness (QED) is 0.591. The number of halogens is 2. The lowest BCUT2D eigenvalue weighted by Crippen LogP contribution is -1.97. The lowest BCUT2D eigenvalue weighted by molar-refractivity contribution is 0.545. The van der Waals surface area contributed by atoms with Gasteiger partial charge in [-0.15, -0.1) is 0 Å². The summed E-state index contributed by atoms with van der Waals surface area (Å²) in [6.45, 7) is 6.60. The van der Waals surface area contributed by atoms with Crippen molar-refractivity contribution in [3.05, 3.63) is 7.66 Å². The molecule has 0 unspecified atom stereocenters. The second-order valence-corrected chi connectivity index (χ2v) is 7.19. The van der Waals surface area contributed by atoms with Crippen molar-refractivity contribution in [2.24, 2.45) is 5.41 Å². The Labute approximate surface area is 78.4 Å². The van der Waals surface area contributed by atoms with Crippen LogP contribution in [0.5, 0.6) is 0 Å². The highest BCUT2D eigenvalue weighted by Gasteiger charge is 2.04. The fourth-order valence-corrected chi connectivity index (χ4v) is 2.20. The minimum Gasteiger partial charge on any atom is -0.0596 e. The van der Waals surface area contributed by atoms with Gasteiger partial charge in [0.2, 0.25) is 0 Å². The third kappa shape index (κ3) is 7.20. The van der Waals surface area contributed by atoms with Crippen LogP contribution in [0.15, 0.2) is 7.66 Å². The largest absolute Gasteiger partial charge is 0.0596 e. The predicted octanol–water partition coefficient (Wildman–Crippen LogP) is 3.74. The Kier molecular flexibility index (Phi) is 3.90. The fourth-order valence-electron chi connectivity index (χ4n) is 0.327. The summed E-state index contributed by atoms with van der Waals surface area (Å²) in [6.07, 6.45) is 2.24. The summed E-state index contributed by atoms with van der Waals surface area (Å²) in [5.74, 6) is 0. The molecule has 0 aliphatic carbocycles. The summed E-state index contributed by atoms with van der Waals surface area (Å²) in [6, 6.07) is 0. The third-order valence-corrected chi connectivity index (χ3v) is 1.16. The normalized spacial score (nSPS) is 11.1. The molecule has 0 N–H and O–H groups in total. The van der Waals surface area contributed by atoms with E-state index in [1.54, 1.807) is 0 Å². The van der Waals surface area contributed by atoms with E-state index in [9.17, 15) is 0 Å². The molecule has 0 heterocycles. The van der Waals surface area contributed by atoms with Gasteiger partial charge in [0.05, 0.1) is 0 Å². The van der Waals surface area contributed by atoms with Crippen LogP contribution in [-0.4, -0.2) is 0 Å². The van der Waals surface area contributed by atoms with Crippen LogP contribution >= 0.6 is 45.2 Å². The highest BCUT2D eigenvalue weighted by Crippen LogP contribution is 2.24. The van der Waals surface area contributed by atoms with E-state index in [0.717, 1.165) is 0 Å². The summed E-state index contributed by atoms with van der Waals surface area (Å²) >= 11 is 4.63. The smallest absolute Gasteiger partial charge is 0.0479 e. The molecule has 0 atom stereocenters. The summed E-state index contributed by atoms with van der Waals surface area (Å²) in [4.78, 5) is 0. The van der Waals surface area contributed by atoms with Gasteiger partial charge >= 0.3 is 0 Å². The molecule has 0 nitrogen and oxygen atoms in total. The molecule has 0 amide bonds. The number of hydrogen-bond acceptors (Lipinski definition) is 0. The molecular formula is C6H10I2. The van der Waals surface area contributed by atoms with E-state index in [0.29, 0.717) is 5.41 Å². The van der Waals surface area contributed by atoms with E-state index in [1.165, 1.54) is 1.59 Å². The van der Waals surface area contributed by atoms with Crippen LogP contribution in [0, 0.1) is 5.41 Å². The monoisotopic (exact) mass is 336 g/mol. The van der Waals surface area contributed by atoms with Crippen molar-refractivity contribution < 1.29 is 0 Å². The van der Waals surface area contributed by atoms with Crippen LogP contribution in [0.1, 0.15) is 20.8 Å². The predicted molar refractivity (Wildman–Crippen MR) is 55.6 cm³/mol. The van der Waals surface area contributed by atoms with Crippen molar-refractivity contribution in [2.75, 3.05) is 0 Å². The lowest BCUT2D eigenvalue weighted by atomic mass is 9.98. The van der Waals surface area contributed by atoms with E-state index in [2.05, 4.69) is 72.0 Å². The molecule has 48 valence electrons. The van der Waals surface area contributed by atoms with Gasteiger partial charge in [0.15, 0.2) is 0 Å². The fraction of sp³-hybridized carbons (Fsp3) is 0.667. The Hall–Kier alpha value is 1.20. The topological polar surface area (TPSA) is 0 Å². The molecule has 0 saturated carbocycles. The zero-order valence-corrected chi connectivity index (χ0v) is 9.65. The van der Waals surface area contributed by atoms with Crippen molar-refractivity contribution in [1.82, 2.24) is 0 Å². The highest BCUT2D eigenvalue weighted by molar-refractivity contribution is 14.2. The Bertz CT molecular complexity index is 93.6. The maximum atomic E-state index is 2.32. The van der Waals surface area contributed by atoms with Gasteiger partial charge in [-0.3, -0.25) is 0 Å². The zero-order chi connectivity index (χ0) is 6.78. The minimum atomic E-state index is 0.345. The van der Waals surface area contributed by atoms with Crippen LogP contribution in [0.25, 0.3) is 0 Å². The van der Waals surface area contributed by atoms with Gasteiger partial charge in [0.25, 0.3) is 0 Å². The summed E-state index contributed by atoms with van der Waals surface area (Å²) < 4.78 is 1.34. The highest BCUT2D eigenvalue weighted by atomic mass is 127. The van der Waals surface area contributed by atoms with Gasteiger partial charge in [-0.25, -0.2) is 0 Å². The van der Waals surface area contributed by atoms with Crippen LogP contribution < -0.4 is 0 Å². The standard InChI is InChI=1S/C6H10I2/c1-6(2,3)4-5(7)8/h4H,1-3H3. The Morgan fingerprint density at radius 3 is 1.62 bits per heavy atom. The molecule has 2 heteroatoms. The van der Waals surface area contributed by atoms with Crippen molar-refractivity contribution >= 4 is 45.2 Å². The maximum Gasteiger partial charge on any atom is 0.0479 e. The first kappa shape index (κ1) is 9.20. The summed E-state index contributed by atoms with van der Waals surface area (Å²) in [7, 11) is 0. The molecule has 0 aliphatic rings. The van der Waals surface area contributed by atoms with E-state index < -0.39 is 0 Å². The average Bonchev–Trinajstić information content (AvgIpc) is 1.21. The Balaban J connectivity index is 3.89. The second kappa shape index (κ2) is 3.39. The molecule has 0 aromatic heterocycles. The SMILES string of the molecule is CC(C)(C)C=C(I)I. The summed E-state index contributed by atoms with van der Waals surface area (Å²) in [5.41, 5.74) is 0.345. The summed E-state index contributed by atoms with van der Waals surface area (Å²) in [5, 5.41) is 0. The molecule has 0 bridgehead atoms. The molecule has 0 aromatic carbocycles. The maximum absolute atomic E-state index is 2.32. The van der Waals surface area contributed by atoms with Crippen LogP contribution in [0.3, 0.4) is 0 Å². The number of hydrogen-bond donors (Lipinski definition) is 0. The van der Waals surface area contributed by atoms with Crippen LogP contribution in [-0.2, 0) is 0 Å². The van der Waals surface area contributed by atoms with E-state index in [1.807, 2.05) is 0 Å². The first-order chi connectivity index (χ1) is 3.42. The molecule has 0 fully saturated rings. The van der Waals surface area contributed by atoms with Gasteiger partial charge in [-0.05, 0) is 50.6 Å². The third-order valence-electron chi connectivity index (χ3n) is 0.542. The first-order valence-corrected chi connectivity index (χ1v) is 4.61. The molecule has 0 aliphatic heterocycles. The lowest BCUT2D eigenvalue weighted by Gasteiger charge is -2.10. The molecule has 0 saturated heterocycles. The average molecular weight is 336 g/mol. The Morgan fingerprint density at radius 1 is 1.25 bits per heavy atom. The van der Waals surface area contributed by atoms with E-state index in [4.69, 9.17) is 0 Å². The Morgan fingerprint density at radius 2 is 1.62 bits per heavy atom. The van der Waals surface area contributed by atoms with Gasteiger partial charge in [-0.2, -0.15) is 0 Å². The molecule has 0 spiro atoms. The van der Waals surface area contributed by atoms with Crippen LogP contribution in [0.4, 0.5) is 0 Å². The van der Waals surface area contributed by atoms with Gasteiger partial charge in [0.1, 0.15) is 0 Å². The second-order valence-electron chi connectivity index (χ2n) is 2.80. The van der Waals surface area contributed by atoms with Crippen LogP contribution in [0.2, 0.25) is 0 Å². The van der Waals surface area contributed by atoms with Crippen molar-refractivity contribution in [3.63, 3.8) is 0 Å². The number of rotatable bonds is 0. The number of allylic oxidation sites excluding steroid dienone is 1. The molecule has 0 radical (unpaired) electrons. The van der Waals surface area contributed by atoms with Crippen molar-refractivity contribution in [3.8, 4) is 0 Å². The van der Waals surface area contributed by atoms with Gasteiger partial charge in [0, 0.05) is 1.59 Å². The molecule has 8 heavy (non-hydrogen) atoms. The van der Waals surface area contributed by atoms with E-state index >= 15 is 0 Å². The first-order valence-electron chi connectivity index (χ1n) is 2.46. The minimum absolute atomic E-state index is 0.345. The zero-order valence-electron chi connectivity index (χ0n) is 5.33. The molecule has 0 rings (SSSR count). The molecular weight excluding hydrogens is 326 g/mol. The van der Waals surface area contributed by atoms with Crippen molar-refractivity contribution in [2.45, 2.75) is 20.8 Å². The molecule has 0 aromatic rings. The van der Waals surface area contributed by atoms with Gasteiger partial charge < -0.3 is 0 Å². The van der Waals surface area contributed by atoms with Gasteiger partial charge in [-0.1, -0.05) is 26.8 Å². The van der Waals surface area contributed by atoms with Crippen molar-refractivity contribution in [1.29, 1.82) is 0 Å².